The van der Waals surface area contributed by atoms with Crippen molar-refractivity contribution < 1.29 is 62.8 Å². The van der Waals surface area contributed by atoms with Crippen molar-refractivity contribution >= 4 is 67.1 Å². The summed E-state index contributed by atoms with van der Waals surface area (Å²) in [6.07, 6.45) is 0. The smallest absolute Gasteiger partial charge is 0.870 e. The van der Waals surface area contributed by atoms with E-state index < -0.39 is 17.2 Å². The fourth-order valence-electron chi connectivity index (χ4n) is 5.19. The van der Waals surface area contributed by atoms with Gasteiger partial charge in [-0.2, -0.15) is 0 Å². The fraction of sp³-hybridized carbons (Fsp3) is 0.349. The van der Waals surface area contributed by atoms with Crippen molar-refractivity contribution in [3.8, 4) is 0 Å². The normalized spacial score (nSPS) is 11.8. The maximum atomic E-state index is 12.3. The van der Waals surface area contributed by atoms with Crippen LogP contribution in [-0.4, -0.2) is 52.8 Å². The summed E-state index contributed by atoms with van der Waals surface area (Å²) >= 11 is 7.07. The first-order valence-electron chi connectivity index (χ1n) is 17.7. The Morgan fingerprint density at radius 3 is 1.37 bits per heavy atom. The van der Waals surface area contributed by atoms with Crippen LogP contribution in [0.4, 0.5) is 11.4 Å². The van der Waals surface area contributed by atoms with Crippen molar-refractivity contribution in [1.29, 1.82) is 0 Å². The summed E-state index contributed by atoms with van der Waals surface area (Å²) in [5.74, 6) is -2.60. The third kappa shape index (κ3) is 16.0. The minimum Gasteiger partial charge on any atom is -0.870 e. The molecule has 0 fully saturated rings. The number of hydrogen-bond donors (Lipinski definition) is 3. The van der Waals surface area contributed by atoms with Gasteiger partial charge in [0.25, 0.3) is 0 Å². The summed E-state index contributed by atoms with van der Waals surface area (Å²) in [4.78, 5) is 47.8. The first-order chi connectivity index (χ1) is 25.7. The van der Waals surface area contributed by atoms with Gasteiger partial charge in [0.05, 0.1) is 30.1 Å². The maximum Gasteiger partial charge on any atom is 1.00 e. The van der Waals surface area contributed by atoms with Gasteiger partial charge in [-0.05, 0) is 146 Å². The number of rotatable bonds is 12. The van der Waals surface area contributed by atoms with Crippen molar-refractivity contribution in [2.24, 2.45) is 0 Å². The molecule has 2 unspecified atom stereocenters. The van der Waals surface area contributed by atoms with E-state index >= 15 is 0 Å². The molecule has 0 aliphatic heterocycles. The SMILES string of the molecule is CC(C(=O)OC(C)(C)C)c1ccc(NCc2ccccc2C(=O)O)c(Br)c1.COC(=O)c1ccccc1CNc1ccc(C(C)C(=O)OC(C)(C)C)cc1Br.[Li+].[OH-]. The van der Waals surface area contributed by atoms with E-state index in [1.54, 1.807) is 30.3 Å². The predicted octanol–water partition coefficient (Wildman–Crippen LogP) is 7.32. The van der Waals surface area contributed by atoms with Crippen LogP contribution in [-0.2, 0) is 36.9 Å². The second-order valence-electron chi connectivity index (χ2n) is 14.8. The van der Waals surface area contributed by atoms with Crippen LogP contribution in [0.2, 0.25) is 0 Å². The second kappa shape index (κ2) is 22.7. The van der Waals surface area contributed by atoms with E-state index in [2.05, 4.69) is 42.5 Å². The third-order valence-corrected chi connectivity index (χ3v) is 9.43. The molecule has 4 aromatic carbocycles. The number of esters is 3. The second-order valence-corrected chi connectivity index (χ2v) is 16.5. The number of ether oxygens (including phenoxy) is 3. The van der Waals surface area contributed by atoms with Gasteiger partial charge < -0.3 is 35.4 Å². The number of hydrogen-bond acceptors (Lipinski definition) is 10. The Labute approximate surface area is 364 Å². The quantitative estimate of drug-likeness (QED) is 0.0740. The van der Waals surface area contributed by atoms with Crippen LogP contribution in [0.5, 0.6) is 0 Å². The van der Waals surface area contributed by atoms with Gasteiger partial charge in [0.1, 0.15) is 11.2 Å². The van der Waals surface area contributed by atoms with Gasteiger partial charge in [-0.1, -0.05) is 48.5 Å². The molecule has 57 heavy (non-hydrogen) atoms. The Hall–Kier alpha value is -4.12. The molecule has 0 heterocycles. The molecule has 302 valence electrons. The zero-order chi connectivity index (χ0) is 41.1. The molecule has 0 bridgehead atoms. The van der Waals surface area contributed by atoms with E-state index in [0.29, 0.717) is 24.2 Å². The Morgan fingerprint density at radius 2 is 1.02 bits per heavy atom. The molecule has 4 rings (SSSR count). The van der Waals surface area contributed by atoms with E-state index in [-0.39, 0.29) is 59.6 Å². The molecule has 0 saturated carbocycles. The Morgan fingerprint density at radius 1 is 0.649 bits per heavy atom. The van der Waals surface area contributed by atoms with E-state index in [1.165, 1.54) is 7.11 Å². The largest absolute Gasteiger partial charge is 1.00 e. The Bertz CT molecular complexity index is 1990. The molecule has 0 saturated heterocycles. The van der Waals surface area contributed by atoms with Crippen molar-refractivity contribution in [2.45, 2.75) is 91.5 Å². The monoisotopic (exact) mass is 904 g/mol. The molecule has 0 aromatic heterocycles. The molecule has 0 amide bonds. The number of methoxy groups -OCH3 is 1. The number of carbonyl (C=O) groups excluding carboxylic acids is 3. The number of carboxylic acid groups (broad SMARTS) is 1. The van der Waals surface area contributed by atoms with Gasteiger partial charge in [-0.15, -0.1) is 0 Å². The van der Waals surface area contributed by atoms with Crippen LogP contribution in [0.1, 0.15) is 110 Å². The molecule has 11 nitrogen and oxygen atoms in total. The summed E-state index contributed by atoms with van der Waals surface area (Å²) in [6, 6.07) is 25.5. The molecule has 0 radical (unpaired) electrons. The summed E-state index contributed by atoms with van der Waals surface area (Å²) < 4.78 is 17.4. The first kappa shape index (κ1) is 50.9. The average molecular weight is 907 g/mol. The number of carbonyl (C=O) groups is 4. The Balaban J connectivity index is 0.000000551. The van der Waals surface area contributed by atoms with Crippen LogP contribution < -0.4 is 29.5 Å². The molecule has 4 N–H and O–H groups in total. The van der Waals surface area contributed by atoms with Gasteiger partial charge in [0.15, 0.2) is 0 Å². The summed E-state index contributed by atoms with van der Waals surface area (Å²) in [7, 11) is 1.37. The zero-order valence-corrected chi connectivity index (χ0v) is 37.3. The van der Waals surface area contributed by atoms with E-state index in [9.17, 15) is 24.3 Å². The molecule has 0 aliphatic carbocycles. The minimum absolute atomic E-state index is 0. The third-order valence-electron chi connectivity index (χ3n) is 8.12. The topological polar surface area (TPSA) is 170 Å². The minimum atomic E-state index is -0.951. The molecule has 14 heteroatoms. The van der Waals surface area contributed by atoms with E-state index in [1.807, 2.05) is 110 Å². The molecule has 4 aromatic rings. The maximum absolute atomic E-state index is 12.3. The van der Waals surface area contributed by atoms with Crippen LogP contribution in [0.25, 0.3) is 0 Å². The summed E-state index contributed by atoms with van der Waals surface area (Å²) in [5, 5.41) is 15.8. The molecule has 0 spiro atoms. The number of nitrogens with one attached hydrogen (secondary N) is 2. The Kier molecular flexibility index (Phi) is 20.3. The number of aromatic carboxylic acids is 1. The molecule has 2 atom stereocenters. The van der Waals surface area contributed by atoms with Gasteiger partial charge in [-0.3, -0.25) is 9.59 Å². The van der Waals surface area contributed by atoms with Crippen molar-refractivity contribution in [3.63, 3.8) is 0 Å². The van der Waals surface area contributed by atoms with Crippen LogP contribution in [0.3, 0.4) is 0 Å². The number of halogens is 2. The molecular formula is C43H51Br2LiN2O9. The van der Waals surface area contributed by atoms with E-state index in [0.717, 1.165) is 37.0 Å². The van der Waals surface area contributed by atoms with Crippen LogP contribution in [0, 0.1) is 0 Å². The molecule has 0 aliphatic rings. The first-order valence-corrected chi connectivity index (χ1v) is 19.3. The summed E-state index contributed by atoms with van der Waals surface area (Å²) in [5.41, 5.74) is 4.68. The zero-order valence-electron chi connectivity index (χ0n) is 34.2. The van der Waals surface area contributed by atoms with E-state index in [4.69, 9.17) is 14.2 Å². The predicted molar refractivity (Wildman–Crippen MR) is 225 cm³/mol. The standard InChI is InChI=1S/C22H26BrNO4.C21H24BrNO4.Li.H2O/c1-14(20(25)28-22(2,3)4)15-10-11-19(18(23)12-15)24-13-16-8-6-7-9-17(16)21(26)27-5;1-13(20(26)27-21(2,3)4)14-9-10-18(17(22)11-14)23-12-15-7-5-6-8-16(15)19(24)25;;/h6-12,14,24H,13H2,1-5H3;5-11,13,23H,12H2,1-4H3,(H,24,25);;1H2/q;;+1;/p-1. The number of anilines is 2. The summed E-state index contributed by atoms with van der Waals surface area (Å²) in [6.45, 7) is 15.6. The van der Waals surface area contributed by atoms with Crippen molar-refractivity contribution in [3.05, 3.63) is 127 Å². The average Bonchev–Trinajstić information content (AvgIpc) is 3.11. The van der Waals surface area contributed by atoms with Crippen LogP contribution >= 0.6 is 31.9 Å². The van der Waals surface area contributed by atoms with Gasteiger partial charge in [0, 0.05) is 33.4 Å². The molecular weight excluding hydrogens is 855 g/mol. The van der Waals surface area contributed by atoms with Crippen molar-refractivity contribution in [2.75, 3.05) is 17.7 Å². The van der Waals surface area contributed by atoms with Gasteiger partial charge in [0.2, 0.25) is 0 Å². The van der Waals surface area contributed by atoms with Crippen molar-refractivity contribution in [1.82, 2.24) is 0 Å². The van der Waals surface area contributed by atoms with Gasteiger partial charge >= 0.3 is 42.7 Å². The van der Waals surface area contributed by atoms with Crippen LogP contribution in [0.15, 0.2) is 93.9 Å². The number of carboxylic acids is 1. The van der Waals surface area contributed by atoms with Gasteiger partial charge in [-0.25, -0.2) is 9.59 Å². The number of benzene rings is 4. The fourth-order valence-corrected chi connectivity index (χ4v) is 6.26.